The van der Waals surface area contributed by atoms with Crippen LogP contribution in [-0.4, -0.2) is 59.6 Å². The Labute approximate surface area is 237 Å². The van der Waals surface area contributed by atoms with Crippen LogP contribution in [0.5, 0.6) is 0 Å². The molecule has 1 aliphatic heterocycles. The summed E-state index contributed by atoms with van der Waals surface area (Å²) >= 11 is 0. The minimum Gasteiger partial charge on any atom is -0.378 e. The van der Waals surface area contributed by atoms with Gasteiger partial charge in [-0.2, -0.15) is 0 Å². The fraction of sp³-hybridized carbons (Fsp3) is 0.515. The Bertz CT molecular complexity index is 1410. The van der Waals surface area contributed by atoms with Crippen LogP contribution in [0.25, 0.3) is 10.9 Å². The van der Waals surface area contributed by atoms with Crippen molar-refractivity contribution in [1.29, 1.82) is 0 Å². The lowest BCUT2D eigenvalue weighted by Crippen LogP contribution is -2.56. The standard InChI is InChI=1S/C33H42N4O3/c1-21-29(25-8-6-7-9-27(25)34-21)30-26(32(30,2)3)20-28(38)37(24-14-15-24)33(4,5)31(39)35-22-10-12-23(13-11-22)36-16-18-40-19-17-36/h6-13,24,26,30,34H,14-20H2,1-5H3,(H,35,39)/t26-,30+/m0/s1. The summed E-state index contributed by atoms with van der Waals surface area (Å²) < 4.78 is 5.45. The highest BCUT2D eigenvalue weighted by atomic mass is 16.5. The van der Waals surface area contributed by atoms with E-state index in [-0.39, 0.29) is 29.2 Å². The molecule has 3 fully saturated rings. The number of carbonyl (C=O) groups is 2. The van der Waals surface area contributed by atoms with Crippen LogP contribution < -0.4 is 10.2 Å². The second-order valence-electron chi connectivity index (χ2n) is 13.0. The van der Waals surface area contributed by atoms with Crippen molar-refractivity contribution >= 4 is 34.1 Å². The summed E-state index contributed by atoms with van der Waals surface area (Å²) in [6, 6.07) is 16.5. The number of nitrogens with zero attached hydrogens (tertiary/aromatic N) is 2. The molecule has 2 amide bonds. The molecule has 0 unspecified atom stereocenters. The van der Waals surface area contributed by atoms with Crippen molar-refractivity contribution in [3.63, 3.8) is 0 Å². The summed E-state index contributed by atoms with van der Waals surface area (Å²) in [5.74, 6) is 0.496. The Morgan fingerprint density at radius 1 is 1.07 bits per heavy atom. The molecule has 40 heavy (non-hydrogen) atoms. The van der Waals surface area contributed by atoms with Gasteiger partial charge in [-0.1, -0.05) is 32.0 Å². The van der Waals surface area contributed by atoms with E-state index in [0.717, 1.165) is 56.0 Å². The van der Waals surface area contributed by atoms with E-state index in [9.17, 15) is 9.59 Å². The number of hydrogen-bond donors (Lipinski definition) is 2. The lowest BCUT2D eigenvalue weighted by molar-refractivity contribution is -0.144. The maximum atomic E-state index is 14.0. The molecule has 0 bridgehead atoms. The Balaban J connectivity index is 1.16. The van der Waals surface area contributed by atoms with Crippen molar-refractivity contribution in [2.45, 2.75) is 71.4 Å². The number of fused-ring (bicyclic) bond motifs is 1. The van der Waals surface area contributed by atoms with Crippen LogP contribution in [0.3, 0.4) is 0 Å². The molecular formula is C33H42N4O3. The first-order valence-corrected chi connectivity index (χ1v) is 14.7. The second-order valence-corrected chi connectivity index (χ2v) is 13.0. The highest BCUT2D eigenvalue weighted by Gasteiger charge is 2.60. The van der Waals surface area contributed by atoms with Gasteiger partial charge in [0, 0.05) is 53.5 Å². The molecule has 7 nitrogen and oxygen atoms in total. The molecule has 212 valence electrons. The first-order valence-electron chi connectivity index (χ1n) is 14.7. The number of ether oxygens (including phenoxy) is 1. The lowest BCUT2D eigenvalue weighted by Gasteiger charge is -2.38. The van der Waals surface area contributed by atoms with Crippen LogP contribution in [0.2, 0.25) is 0 Å². The molecule has 2 heterocycles. The Hall–Kier alpha value is -3.32. The second kappa shape index (κ2) is 9.95. The molecule has 1 saturated heterocycles. The van der Waals surface area contributed by atoms with Crippen molar-refractivity contribution in [3.05, 3.63) is 59.8 Å². The largest absolute Gasteiger partial charge is 0.378 e. The molecule has 0 spiro atoms. The van der Waals surface area contributed by atoms with Crippen LogP contribution in [-0.2, 0) is 14.3 Å². The van der Waals surface area contributed by atoms with Gasteiger partial charge in [0.25, 0.3) is 0 Å². The van der Waals surface area contributed by atoms with Crippen LogP contribution in [0, 0.1) is 18.3 Å². The van der Waals surface area contributed by atoms with E-state index in [4.69, 9.17) is 4.74 Å². The summed E-state index contributed by atoms with van der Waals surface area (Å²) in [6.45, 7) is 13.7. The van der Waals surface area contributed by atoms with E-state index < -0.39 is 5.54 Å². The predicted molar refractivity (Wildman–Crippen MR) is 160 cm³/mol. The molecule has 0 radical (unpaired) electrons. The molecule has 2 saturated carbocycles. The van der Waals surface area contributed by atoms with Crippen molar-refractivity contribution in [2.75, 3.05) is 36.5 Å². The van der Waals surface area contributed by atoms with E-state index in [1.54, 1.807) is 0 Å². The molecule has 3 aliphatic rings. The minimum absolute atomic E-state index is 0.0231. The zero-order valence-electron chi connectivity index (χ0n) is 24.4. The third kappa shape index (κ3) is 4.78. The Morgan fingerprint density at radius 2 is 1.75 bits per heavy atom. The monoisotopic (exact) mass is 542 g/mol. The highest BCUT2D eigenvalue weighted by molar-refractivity contribution is 6.00. The minimum atomic E-state index is -0.952. The summed E-state index contributed by atoms with van der Waals surface area (Å²) in [5.41, 5.74) is 4.63. The molecular weight excluding hydrogens is 500 g/mol. The summed E-state index contributed by atoms with van der Waals surface area (Å²) in [7, 11) is 0. The van der Waals surface area contributed by atoms with Crippen LogP contribution in [0.1, 0.15) is 64.1 Å². The number of rotatable bonds is 8. The number of aromatic amines is 1. The van der Waals surface area contributed by atoms with Gasteiger partial charge >= 0.3 is 0 Å². The van der Waals surface area contributed by atoms with E-state index in [2.05, 4.69) is 60.2 Å². The zero-order chi connectivity index (χ0) is 28.2. The first kappa shape index (κ1) is 26.9. The van der Waals surface area contributed by atoms with Gasteiger partial charge in [0.15, 0.2) is 0 Å². The number of morpholine rings is 1. The number of benzene rings is 2. The Morgan fingerprint density at radius 3 is 2.42 bits per heavy atom. The SMILES string of the molecule is Cc1[nH]c2ccccc2c1[C@H]1[C@H](CC(=O)N(C2CC2)C(C)(C)C(=O)Nc2ccc(N3CCOCC3)cc2)C1(C)C. The fourth-order valence-electron chi connectivity index (χ4n) is 6.96. The van der Waals surface area contributed by atoms with Gasteiger partial charge in [-0.05, 0) is 86.8 Å². The van der Waals surface area contributed by atoms with E-state index in [0.29, 0.717) is 12.3 Å². The van der Waals surface area contributed by atoms with E-state index >= 15 is 0 Å². The van der Waals surface area contributed by atoms with Gasteiger partial charge in [0.1, 0.15) is 5.54 Å². The quantitative estimate of drug-likeness (QED) is 0.374. The molecule has 6 rings (SSSR count). The number of hydrogen-bond acceptors (Lipinski definition) is 4. The third-order valence-corrected chi connectivity index (χ3v) is 9.54. The maximum Gasteiger partial charge on any atom is 0.249 e. The first-order chi connectivity index (χ1) is 19.1. The molecule has 2 N–H and O–H groups in total. The average molecular weight is 543 g/mol. The predicted octanol–water partition coefficient (Wildman–Crippen LogP) is 5.85. The normalized spacial score (nSPS) is 22.3. The summed E-state index contributed by atoms with van der Waals surface area (Å²) in [4.78, 5) is 35.3. The van der Waals surface area contributed by atoms with Crippen molar-refractivity contribution < 1.29 is 14.3 Å². The van der Waals surface area contributed by atoms with Gasteiger partial charge in [-0.15, -0.1) is 0 Å². The summed E-state index contributed by atoms with van der Waals surface area (Å²) in [5, 5.41) is 4.35. The zero-order valence-corrected chi connectivity index (χ0v) is 24.4. The van der Waals surface area contributed by atoms with Gasteiger partial charge in [0.05, 0.1) is 13.2 Å². The van der Waals surface area contributed by atoms with Crippen LogP contribution in [0.15, 0.2) is 48.5 Å². The summed E-state index contributed by atoms with van der Waals surface area (Å²) in [6.07, 6.45) is 2.36. The molecule has 2 aromatic carbocycles. The fourth-order valence-corrected chi connectivity index (χ4v) is 6.96. The number of carbonyl (C=O) groups excluding carboxylic acids is 2. The van der Waals surface area contributed by atoms with Crippen molar-refractivity contribution in [2.24, 2.45) is 11.3 Å². The highest BCUT2D eigenvalue weighted by Crippen LogP contribution is 2.67. The molecule has 2 atom stereocenters. The maximum absolute atomic E-state index is 14.0. The number of aromatic nitrogens is 1. The number of H-pyrrole nitrogens is 1. The Kier molecular flexibility index (Phi) is 6.68. The van der Waals surface area contributed by atoms with Crippen LogP contribution in [0.4, 0.5) is 11.4 Å². The van der Waals surface area contributed by atoms with Crippen molar-refractivity contribution in [1.82, 2.24) is 9.88 Å². The molecule has 1 aromatic heterocycles. The number of anilines is 2. The van der Waals surface area contributed by atoms with E-state index in [1.165, 1.54) is 16.6 Å². The average Bonchev–Trinajstić information content (AvgIpc) is 3.81. The topological polar surface area (TPSA) is 77.7 Å². The van der Waals surface area contributed by atoms with E-state index in [1.807, 2.05) is 43.0 Å². The number of para-hydroxylation sites is 1. The van der Waals surface area contributed by atoms with Gasteiger partial charge in [0.2, 0.25) is 11.8 Å². The lowest BCUT2D eigenvalue weighted by atomic mass is 9.98. The van der Waals surface area contributed by atoms with Crippen molar-refractivity contribution in [3.8, 4) is 0 Å². The molecule has 2 aliphatic carbocycles. The number of amides is 2. The van der Waals surface area contributed by atoms with Gasteiger partial charge < -0.3 is 24.8 Å². The van der Waals surface area contributed by atoms with Crippen LogP contribution >= 0.6 is 0 Å². The van der Waals surface area contributed by atoms with Gasteiger partial charge in [-0.3, -0.25) is 9.59 Å². The molecule has 7 heteroatoms. The van der Waals surface area contributed by atoms with Gasteiger partial charge in [-0.25, -0.2) is 0 Å². The smallest absolute Gasteiger partial charge is 0.249 e. The number of aryl methyl sites for hydroxylation is 1. The number of nitrogens with one attached hydrogen (secondary N) is 2. The molecule has 3 aromatic rings. The third-order valence-electron chi connectivity index (χ3n) is 9.54.